The predicted molar refractivity (Wildman–Crippen MR) is 148 cm³/mol. The van der Waals surface area contributed by atoms with E-state index in [0.29, 0.717) is 11.3 Å². The number of nitrogens with zero attached hydrogens (tertiary/aromatic N) is 4. The molecule has 43 heavy (non-hydrogen) atoms. The van der Waals surface area contributed by atoms with Gasteiger partial charge in [0.15, 0.2) is 24.5 Å². The standard InChI is InChI=1S/C29H34N4O10/c1-6-7-10-22-21-11-8-9-12-23(21)32(28(22)38)13-20-14-33(31-30-20)29-27(42-19(5)37)26(41-18(4)36)25(40-17(3)35)24(43-29)15-39-16(2)34/h8-12,14,24-27,29H,6-7,13,15H2,1-5H3/b22-10-/t24-,25-,26+,27-,29-/m1/s1. The van der Waals surface area contributed by atoms with Crippen LogP contribution in [0.15, 0.2) is 36.5 Å². The predicted octanol–water partition coefficient (Wildman–Crippen LogP) is 2.26. The number of para-hydroxylation sites is 1. The van der Waals surface area contributed by atoms with Crippen LogP contribution in [0, 0.1) is 0 Å². The number of amides is 1. The first kappa shape index (κ1) is 31.3. The third-order valence-corrected chi connectivity index (χ3v) is 6.70. The monoisotopic (exact) mass is 598 g/mol. The lowest BCUT2D eigenvalue weighted by Gasteiger charge is -2.44. The molecule has 230 valence electrons. The van der Waals surface area contributed by atoms with E-state index in [-0.39, 0.29) is 19.1 Å². The molecule has 14 nitrogen and oxygen atoms in total. The molecule has 2 aliphatic heterocycles. The van der Waals surface area contributed by atoms with Crippen molar-refractivity contribution < 1.29 is 47.7 Å². The quantitative estimate of drug-likeness (QED) is 0.223. The second-order valence-electron chi connectivity index (χ2n) is 10.1. The third kappa shape index (κ3) is 7.25. The maximum Gasteiger partial charge on any atom is 0.303 e. The zero-order chi connectivity index (χ0) is 31.3. The van der Waals surface area contributed by atoms with Gasteiger partial charge >= 0.3 is 23.9 Å². The van der Waals surface area contributed by atoms with E-state index in [9.17, 15) is 24.0 Å². The highest BCUT2D eigenvalue weighted by atomic mass is 16.7. The topological polar surface area (TPSA) is 165 Å². The summed E-state index contributed by atoms with van der Waals surface area (Å²) in [5.41, 5.74) is 2.56. The third-order valence-electron chi connectivity index (χ3n) is 6.70. The summed E-state index contributed by atoms with van der Waals surface area (Å²) in [6.45, 7) is 6.36. The number of benzene rings is 1. The van der Waals surface area contributed by atoms with E-state index >= 15 is 0 Å². The minimum atomic E-state index is -1.35. The van der Waals surface area contributed by atoms with Gasteiger partial charge in [0.2, 0.25) is 0 Å². The normalized spacial score (nSPS) is 23.9. The molecule has 0 unspecified atom stereocenters. The SMILES string of the molecule is CCC/C=C1\C(=O)N(Cc2cn([C@@H]3O[C@H](COC(C)=O)[C@@H](OC(C)=O)[C@H](OC(C)=O)[C@H]3OC(C)=O)nn2)c2ccccc21. The van der Waals surface area contributed by atoms with Gasteiger partial charge in [-0.25, -0.2) is 4.68 Å². The maximum atomic E-state index is 13.4. The van der Waals surface area contributed by atoms with Crippen LogP contribution in [0.2, 0.25) is 0 Å². The Morgan fingerprint density at radius 3 is 2.23 bits per heavy atom. The van der Waals surface area contributed by atoms with Crippen LogP contribution in [0.25, 0.3) is 5.57 Å². The van der Waals surface area contributed by atoms with Crippen LogP contribution in [-0.4, -0.2) is 75.8 Å². The average molecular weight is 599 g/mol. The summed E-state index contributed by atoms with van der Waals surface area (Å²) in [5, 5.41) is 8.38. The zero-order valence-corrected chi connectivity index (χ0v) is 24.6. The Bertz CT molecular complexity index is 1420. The Balaban J connectivity index is 1.68. The van der Waals surface area contributed by atoms with Gasteiger partial charge in [0, 0.05) is 38.8 Å². The van der Waals surface area contributed by atoms with Crippen molar-refractivity contribution in [2.75, 3.05) is 11.5 Å². The molecule has 2 aromatic rings. The van der Waals surface area contributed by atoms with E-state index in [0.717, 1.165) is 44.9 Å². The molecule has 2 aliphatic rings. The molecular weight excluding hydrogens is 564 g/mol. The summed E-state index contributed by atoms with van der Waals surface area (Å²) in [4.78, 5) is 62.8. The van der Waals surface area contributed by atoms with Gasteiger partial charge in [0.25, 0.3) is 5.91 Å². The van der Waals surface area contributed by atoms with Crippen molar-refractivity contribution in [1.29, 1.82) is 0 Å². The summed E-state index contributed by atoms with van der Waals surface area (Å²) < 4.78 is 28.9. The van der Waals surface area contributed by atoms with Gasteiger partial charge in [-0.05, 0) is 12.5 Å². The second-order valence-corrected chi connectivity index (χ2v) is 10.1. The largest absolute Gasteiger partial charge is 0.463 e. The van der Waals surface area contributed by atoms with E-state index < -0.39 is 54.5 Å². The van der Waals surface area contributed by atoms with Crippen molar-refractivity contribution in [1.82, 2.24) is 15.0 Å². The number of hydrogen-bond acceptors (Lipinski definition) is 12. The number of unbranched alkanes of at least 4 members (excludes halogenated alkanes) is 1. The Morgan fingerprint density at radius 1 is 0.930 bits per heavy atom. The molecule has 0 aliphatic carbocycles. The van der Waals surface area contributed by atoms with Crippen molar-refractivity contribution in [2.45, 2.75) is 84.6 Å². The number of rotatable bonds is 10. The van der Waals surface area contributed by atoms with Gasteiger partial charge in [-0.2, -0.15) is 0 Å². The van der Waals surface area contributed by atoms with Crippen LogP contribution >= 0.6 is 0 Å². The molecule has 0 radical (unpaired) electrons. The lowest BCUT2D eigenvalue weighted by molar-refractivity contribution is -0.270. The smallest absolute Gasteiger partial charge is 0.303 e. The molecular formula is C29H34N4O10. The first-order valence-corrected chi connectivity index (χ1v) is 13.8. The zero-order valence-electron chi connectivity index (χ0n) is 24.6. The number of carbonyl (C=O) groups excluding carboxylic acids is 5. The molecule has 1 amide bonds. The molecule has 1 fully saturated rings. The van der Waals surface area contributed by atoms with Gasteiger partial charge in [-0.3, -0.25) is 24.0 Å². The molecule has 1 aromatic carbocycles. The molecule has 4 rings (SSSR count). The minimum absolute atomic E-state index is 0.0740. The maximum absolute atomic E-state index is 13.4. The second kappa shape index (κ2) is 13.6. The van der Waals surface area contributed by atoms with Crippen molar-refractivity contribution in [3.05, 3.63) is 47.8 Å². The van der Waals surface area contributed by atoms with Gasteiger partial charge in [0.05, 0.1) is 18.4 Å². The minimum Gasteiger partial charge on any atom is -0.463 e. The fourth-order valence-electron chi connectivity index (χ4n) is 5.04. The van der Waals surface area contributed by atoms with Crippen LogP contribution in [0.4, 0.5) is 5.69 Å². The summed E-state index contributed by atoms with van der Waals surface area (Å²) in [6, 6.07) is 7.46. The number of carbonyl (C=O) groups is 5. The summed E-state index contributed by atoms with van der Waals surface area (Å²) >= 11 is 0. The van der Waals surface area contributed by atoms with E-state index in [2.05, 4.69) is 10.3 Å². The molecule has 0 bridgehead atoms. The Morgan fingerprint density at radius 2 is 1.58 bits per heavy atom. The van der Waals surface area contributed by atoms with E-state index in [1.54, 1.807) is 4.90 Å². The number of hydrogen-bond donors (Lipinski definition) is 0. The summed E-state index contributed by atoms with van der Waals surface area (Å²) in [7, 11) is 0. The van der Waals surface area contributed by atoms with Gasteiger partial charge in [0.1, 0.15) is 18.4 Å². The summed E-state index contributed by atoms with van der Waals surface area (Å²) in [5.74, 6) is -3.01. The lowest BCUT2D eigenvalue weighted by Crippen LogP contribution is -2.60. The first-order valence-electron chi connectivity index (χ1n) is 13.8. The van der Waals surface area contributed by atoms with Gasteiger partial charge in [-0.15, -0.1) is 5.10 Å². The van der Waals surface area contributed by atoms with Crippen LogP contribution < -0.4 is 4.90 Å². The van der Waals surface area contributed by atoms with Gasteiger partial charge < -0.3 is 28.6 Å². The summed E-state index contributed by atoms with van der Waals surface area (Å²) in [6.07, 6.45) is -1.30. The number of fused-ring (bicyclic) bond motifs is 1. The molecule has 3 heterocycles. The molecule has 14 heteroatoms. The van der Waals surface area contributed by atoms with Gasteiger partial charge in [-0.1, -0.05) is 42.8 Å². The molecule has 0 N–H and O–H groups in total. The number of allylic oxidation sites excluding steroid dienone is 1. The van der Waals surface area contributed by atoms with E-state index in [1.807, 2.05) is 37.3 Å². The number of anilines is 1. The highest BCUT2D eigenvalue weighted by Crippen LogP contribution is 2.38. The Labute approximate surface area is 247 Å². The fourth-order valence-corrected chi connectivity index (χ4v) is 5.04. The molecule has 0 saturated carbocycles. The van der Waals surface area contributed by atoms with Crippen LogP contribution in [0.5, 0.6) is 0 Å². The number of aromatic nitrogens is 3. The van der Waals surface area contributed by atoms with Crippen molar-refractivity contribution in [3.63, 3.8) is 0 Å². The number of ether oxygens (including phenoxy) is 5. The lowest BCUT2D eigenvalue weighted by atomic mass is 9.97. The van der Waals surface area contributed by atoms with Crippen LogP contribution in [-0.2, 0) is 54.2 Å². The molecule has 1 aromatic heterocycles. The number of esters is 4. The molecule has 0 spiro atoms. The van der Waals surface area contributed by atoms with Crippen LogP contribution in [0.1, 0.15) is 64.9 Å². The van der Waals surface area contributed by atoms with Crippen molar-refractivity contribution in [2.24, 2.45) is 0 Å². The highest BCUT2D eigenvalue weighted by molar-refractivity contribution is 6.32. The average Bonchev–Trinajstić information content (AvgIpc) is 3.50. The molecule has 1 saturated heterocycles. The van der Waals surface area contributed by atoms with E-state index in [1.165, 1.54) is 17.8 Å². The Kier molecular flexibility index (Phi) is 9.91. The van der Waals surface area contributed by atoms with Crippen molar-refractivity contribution in [3.8, 4) is 0 Å². The van der Waals surface area contributed by atoms with Crippen molar-refractivity contribution >= 4 is 41.0 Å². The highest BCUT2D eigenvalue weighted by Gasteiger charge is 2.53. The van der Waals surface area contributed by atoms with Crippen LogP contribution in [0.3, 0.4) is 0 Å². The Hall–Kier alpha value is -4.59. The molecule has 5 atom stereocenters. The fraction of sp³-hybridized carbons (Fsp3) is 0.483. The first-order chi connectivity index (χ1) is 20.5. The van der Waals surface area contributed by atoms with E-state index in [4.69, 9.17) is 23.7 Å².